The van der Waals surface area contributed by atoms with Crippen molar-refractivity contribution in [2.75, 3.05) is 19.7 Å². The fraction of sp³-hybridized carbons (Fsp3) is 0.625. The molecule has 1 unspecified atom stereocenters. The summed E-state index contributed by atoms with van der Waals surface area (Å²) in [6, 6.07) is 5.92. The Labute approximate surface area is 133 Å². The Hall–Kier alpha value is -0.440. The third-order valence-corrected chi connectivity index (χ3v) is 4.01. The van der Waals surface area contributed by atoms with Crippen LogP contribution in [0.25, 0.3) is 0 Å². The molecule has 1 aromatic rings. The molecule has 1 aliphatic rings. The minimum absolute atomic E-state index is 0. The van der Waals surface area contributed by atoms with Gasteiger partial charge in [0.2, 0.25) is 0 Å². The number of ether oxygens (including phenoxy) is 1. The average molecular weight is 318 g/mol. The zero-order chi connectivity index (χ0) is 13.7. The van der Waals surface area contributed by atoms with E-state index in [4.69, 9.17) is 16.3 Å². The highest BCUT2D eigenvalue weighted by atomic mass is 35.5. The zero-order valence-corrected chi connectivity index (χ0v) is 13.9. The molecule has 1 heterocycles. The summed E-state index contributed by atoms with van der Waals surface area (Å²) in [5.41, 5.74) is 1.20. The van der Waals surface area contributed by atoms with Gasteiger partial charge in [0.05, 0.1) is 6.61 Å². The van der Waals surface area contributed by atoms with Gasteiger partial charge in [0.25, 0.3) is 0 Å². The molecule has 20 heavy (non-hydrogen) atoms. The number of piperidine rings is 1. The highest BCUT2D eigenvalue weighted by Gasteiger charge is 2.14. The molecule has 1 aromatic carbocycles. The lowest BCUT2D eigenvalue weighted by atomic mass is 9.97. The maximum atomic E-state index is 6.05. The van der Waals surface area contributed by atoms with Crippen LogP contribution in [0.15, 0.2) is 18.2 Å². The Kier molecular flexibility index (Phi) is 7.71. The van der Waals surface area contributed by atoms with Gasteiger partial charge in [-0.2, -0.15) is 0 Å². The summed E-state index contributed by atoms with van der Waals surface area (Å²) in [5.74, 6) is 2.19. The molecular formula is C16H25Cl2NO. The molecule has 0 aliphatic carbocycles. The maximum Gasteiger partial charge on any atom is 0.122 e. The lowest BCUT2D eigenvalue weighted by Crippen LogP contribution is -2.30. The maximum absolute atomic E-state index is 6.05. The van der Waals surface area contributed by atoms with Crippen LogP contribution in [0.4, 0.5) is 0 Å². The van der Waals surface area contributed by atoms with E-state index >= 15 is 0 Å². The van der Waals surface area contributed by atoms with Gasteiger partial charge in [-0.3, -0.25) is 0 Å². The molecule has 0 bridgehead atoms. The Morgan fingerprint density at radius 3 is 2.85 bits per heavy atom. The molecule has 0 spiro atoms. The van der Waals surface area contributed by atoms with Crippen LogP contribution in [0.3, 0.4) is 0 Å². The van der Waals surface area contributed by atoms with Crippen molar-refractivity contribution in [2.24, 2.45) is 5.92 Å². The van der Waals surface area contributed by atoms with Crippen molar-refractivity contribution < 1.29 is 4.74 Å². The van der Waals surface area contributed by atoms with Crippen LogP contribution in [-0.4, -0.2) is 19.7 Å². The predicted octanol–water partition coefficient (Wildman–Crippen LogP) is 4.65. The van der Waals surface area contributed by atoms with Gasteiger partial charge >= 0.3 is 0 Å². The standard InChI is InChI=1S/C16H24ClNO.ClH/c1-12(2)15-10-14(17)5-6-16(15)19-9-7-13-4-3-8-18-11-13;/h5-6,10,12-13,18H,3-4,7-9,11H2,1-2H3;1H. The molecule has 1 N–H and O–H groups in total. The third-order valence-electron chi connectivity index (χ3n) is 3.78. The van der Waals surface area contributed by atoms with Crippen LogP contribution in [0.1, 0.15) is 44.6 Å². The number of rotatable bonds is 5. The minimum Gasteiger partial charge on any atom is -0.493 e. The molecule has 0 saturated carbocycles. The smallest absolute Gasteiger partial charge is 0.122 e. The molecule has 1 atom stereocenters. The Balaban J connectivity index is 0.00000200. The topological polar surface area (TPSA) is 21.3 Å². The van der Waals surface area contributed by atoms with Crippen molar-refractivity contribution in [2.45, 2.75) is 39.0 Å². The van der Waals surface area contributed by atoms with E-state index in [1.165, 1.54) is 24.9 Å². The van der Waals surface area contributed by atoms with E-state index in [0.29, 0.717) is 5.92 Å². The van der Waals surface area contributed by atoms with E-state index < -0.39 is 0 Å². The average Bonchev–Trinajstić information content (AvgIpc) is 2.41. The number of halogens is 2. The monoisotopic (exact) mass is 317 g/mol. The van der Waals surface area contributed by atoms with Gasteiger partial charge in [-0.1, -0.05) is 25.4 Å². The first-order valence-electron chi connectivity index (χ1n) is 7.30. The van der Waals surface area contributed by atoms with Crippen molar-refractivity contribution in [3.63, 3.8) is 0 Å². The molecule has 1 saturated heterocycles. The third kappa shape index (κ3) is 5.16. The van der Waals surface area contributed by atoms with Gasteiger partial charge in [-0.05, 0) is 68.0 Å². The highest BCUT2D eigenvalue weighted by Crippen LogP contribution is 2.29. The number of benzene rings is 1. The number of nitrogens with one attached hydrogen (secondary N) is 1. The second-order valence-corrected chi connectivity index (χ2v) is 6.12. The van der Waals surface area contributed by atoms with E-state index in [9.17, 15) is 0 Å². The molecule has 114 valence electrons. The lowest BCUT2D eigenvalue weighted by molar-refractivity contribution is 0.252. The fourth-order valence-electron chi connectivity index (χ4n) is 2.61. The van der Waals surface area contributed by atoms with E-state index in [1.807, 2.05) is 18.2 Å². The highest BCUT2D eigenvalue weighted by molar-refractivity contribution is 6.30. The molecule has 4 heteroatoms. The van der Waals surface area contributed by atoms with Gasteiger partial charge in [0.1, 0.15) is 5.75 Å². The van der Waals surface area contributed by atoms with Gasteiger partial charge in [-0.15, -0.1) is 12.4 Å². The van der Waals surface area contributed by atoms with Gasteiger partial charge < -0.3 is 10.1 Å². The molecule has 0 aromatic heterocycles. The van der Waals surface area contributed by atoms with E-state index in [0.717, 1.165) is 36.3 Å². The summed E-state index contributed by atoms with van der Waals surface area (Å²) in [4.78, 5) is 0. The quantitative estimate of drug-likeness (QED) is 0.853. The second-order valence-electron chi connectivity index (χ2n) is 5.69. The Morgan fingerprint density at radius 2 is 2.20 bits per heavy atom. The van der Waals surface area contributed by atoms with Crippen LogP contribution in [0, 0.1) is 5.92 Å². The molecule has 1 fully saturated rings. The summed E-state index contributed by atoms with van der Waals surface area (Å²) >= 11 is 6.05. The van der Waals surface area contributed by atoms with Crippen molar-refractivity contribution in [1.82, 2.24) is 5.32 Å². The summed E-state index contributed by atoms with van der Waals surface area (Å²) in [6.07, 6.45) is 3.75. The van der Waals surface area contributed by atoms with E-state index in [1.54, 1.807) is 0 Å². The normalized spacial score (nSPS) is 18.7. The summed E-state index contributed by atoms with van der Waals surface area (Å²) in [7, 11) is 0. The summed E-state index contributed by atoms with van der Waals surface area (Å²) < 4.78 is 5.97. The largest absolute Gasteiger partial charge is 0.493 e. The second kappa shape index (κ2) is 8.76. The van der Waals surface area contributed by atoms with Crippen molar-refractivity contribution >= 4 is 24.0 Å². The molecule has 2 rings (SSSR count). The van der Waals surface area contributed by atoms with Crippen molar-refractivity contribution in [1.29, 1.82) is 0 Å². The SMILES string of the molecule is CC(C)c1cc(Cl)ccc1OCCC1CCCNC1.Cl. The van der Waals surface area contributed by atoms with E-state index in [-0.39, 0.29) is 12.4 Å². The first kappa shape index (κ1) is 17.6. The predicted molar refractivity (Wildman–Crippen MR) is 88.5 cm³/mol. The summed E-state index contributed by atoms with van der Waals surface area (Å²) in [5, 5.41) is 4.23. The van der Waals surface area contributed by atoms with Crippen LogP contribution >= 0.6 is 24.0 Å². The van der Waals surface area contributed by atoms with Crippen LogP contribution in [-0.2, 0) is 0 Å². The van der Waals surface area contributed by atoms with Crippen molar-refractivity contribution in [3.05, 3.63) is 28.8 Å². The van der Waals surface area contributed by atoms with Crippen molar-refractivity contribution in [3.8, 4) is 5.75 Å². The molecule has 2 nitrogen and oxygen atoms in total. The minimum atomic E-state index is 0. The first-order chi connectivity index (χ1) is 9.16. The zero-order valence-electron chi connectivity index (χ0n) is 12.3. The molecule has 1 aliphatic heterocycles. The number of hydrogen-bond donors (Lipinski definition) is 1. The molecular weight excluding hydrogens is 293 g/mol. The molecule has 0 radical (unpaired) electrons. The van der Waals surface area contributed by atoms with Gasteiger partial charge in [0, 0.05) is 5.02 Å². The first-order valence-corrected chi connectivity index (χ1v) is 7.67. The van der Waals surface area contributed by atoms with Gasteiger partial charge in [-0.25, -0.2) is 0 Å². The fourth-order valence-corrected chi connectivity index (χ4v) is 2.79. The van der Waals surface area contributed by atoms with Crippen LogP contribution in [0.2, 0.25) is 5.02 Å². The molecule has 0 amide bonds. The number of hydrogen-bond acceptors (Lipinski definition) is 2. The van der Waals surface area contributed by atoms with Gasteiger partial charge in [0.15, 0.2) is 0 Å². The van der Waals surface area contributed by atoms with Crippen LogP contribution in [0.5, 0.6) is 5.75 Å². The Bertz CT molecular complexity index is 403. The lowest BCUT2D eigenvalue weighted by Gasteiger charge is -2.23. The Morgan fingerprint density at radius 1 is 1.40 bits per heavy atom. The van der Waals surface area contributed by atoms with E-state index in [2.05, 4.69) is 19.2 Å². The summed E-state index contributed by atoms with van der Waals surface area (Å²) in [6.45, 7) is 7.45. The van der Waals surface area contributed by atoms with Crippen LogP contribution < -0.4 is 10.1 Å².